The smallest absolute Gasteiger partial charge is 0.336 e. The number of aromatic carboxylic acids is 2. The van der Waals surface area contributed by atoms with Gasteiger partial charge in [-0.3, -0.25) is 0 Å². The molecule has 0 atom stereocenters. The van der Waals surface area contributed by atoms with Gasteiger partial charge in [0, 0.05) is 0 Å². The number of carboxylic acids is 2. The van der Waals surface area contributed by atoms with Crippen molar-refractivity contribution >= 4 is 11.9 Å². The van der Waals surface area contributed by atoms with Gasteiger partial charge in [-0.15, -0.1) is 0 Å². The maximum atomic E-state index is 11.6. The SMILES string of the molecule is CCc1ccc(C(=O)O)c(C(=O)O)c1CCCCCCCCCC(C)C. The molecule has 0 amide bonds. The van der Waals surface area contributed by atoms with Gasteiger partial charge >= 0.3 is 11.9 Å². The van der Waals surface area contributed by atoms with Gasteiger partial charge in [-0.1, -0.05) is 71.8 Å². The fraction of sp³-hybridized carbons (Fsp3) is 0.636. The normalized spacial score (nSPS) is 11.1. The highest BCUT2D eigenvalue weighted by Gasteiger charge is 2.21. The minimum atomic E-state index is -1.17. The van der Waals surface area contributed by atoms with Crippen LogP contribution in [0.5, 0.6) is 0 Å². The summed E-state index contributed by atoms with van der Waals surface area (Å²) in [6, 6.07) is 3.19. The number of aryl methyl sites for hydroxylation is 1. The lowest BCUT2D eigenvalue weighted by Gasteiger charge is -2.14. The van der Waals surface area contributed by atoms with Crippen LogP contribution in [-0.4, -0.2) is 22.2 Å². The molecule has 0 radical (unpaired) electrons. The number of hydrogen-bond acceptors (Lipinski definition) is 2. The molecule has 0 aliphatic rings. The molecule has 146 valence electrons. The van der Waals surface area contributed by atoms with E-state index in [1.54, 1.807) is 6.07 Å². The van der Waals surface area contributed by atoms with Crippen molar-refractivity contribution in [2.24, 2.45) is 5.92 Å². The van der Waals surface area contributed by atoms with E-state index in [1.807, 2.05) is 6.92 Å². The van der Waals surface area contributed by atoms with Crippen LogP contribution in [0.25, 0.3) is 0 Å². The van der Waals surface area contributed by atoms with Gasteiger partial charge in [0.1, 0.15) is 0 Å². The first-order valence-corrected chi connectivity index (χ1v) is 9.99. The maximum absolute atomic E-state index is 11.6. The molecular formula is C22H34O4. The van der Waals surface area contributed by atoms with Gasteiger partial charge in [-0.2, -0.15) is 0 Å². The summed E-state index contributed by atoms with van der Waals surface area (Å²) < 4.78 is 0. The molecule has 1 aromatic carbocycles. The second-order valence-electron chi connectivity index (χ2n) is 7.50. The highest BCUT2D eigenvalue weighted by Crippen LogP contribution is 2.23. The number of unbranched alkanes of at least 4 members (excludes halogenated alkanes) is 6. The first-order valence-electron chi connectivity index (χ1n) is 9.99. The molecule has 0 saturated heterocycles. The molecule has 0 aromatic heterocycles. The molecule has 0 aliphatic heterocycles. The standard InChI is InChI=1S/C22H34O4/c1-4-17-14-15-19(21(23)24)20(22(25)26)18(17)13-11-9-7-5-6-8-10-12-16(2)3/h14-16H,4-13H2,1-3H3,(H,23,24)(H,25,26). The average Bonchev–Trinajstić information content (AvgIpc) is 2.58. The monoisotopic (exact) mass is 362 g/mol. The fourth-order valence-electron chi connectivity index (χ4n) is 3.47. The summed E-state index contributed by atoms with van der Waals surface area (Å²) in [6.45, 7) is 6.49. The highest BCUT2D eigenvalue weighted by atomic mass is 16.4. The quantitative estimate of drug-likeness (QED) is 0.424. The van der Waals surface area contributed by atoms with Gasteiger partial charge in [-0.05, 0) is 42.4 Å². The van der Waals surface area contributed by atoms with E-state index in [4.69, 9.17) is 0 Å². The first-order chi connectivity index (χ1) is 12.4. The van der Waals surface area contributed by atoms with Crippen LogP contribution < -0.4 is 0 Å². The van der Waals surface area contributed by atoms with Gasteiger partial charge in [0.2, 0.25) is 0 Å². The Morgan fingerprint density at radius 1 is 0.885 bits per heavy atom. The summed E-state index contributed by atoms with van der Waals surface area (Å²) in [5, 5.41) is 18.8. The Hall–Kier alpha value is -1.84. The Labute approximate surface area is 157 Å². The van der Waals surface area contributed by atoms with E-state index in [1.165, 1.54) is 38.2 Å². The van der Waals surface area contributed by atoms with Crippen LogP contribution in [0.15, 0.2) is 12.1 Å². The molecule has 0 unspecified atom stereocenters. The lowest BCUT2D eigenvalue weighted by Crippen LogP contribution is -2.13. The molecule has 0 aliphatic carbocycles. The Balaban J connectivity index is 2.55. The molecule has 1 aromatic rings. The minimum absolute atomic E-state index is 0.0227. The zero-order valence-electron chi connectivity index (χ0n) is 16.5. The molecule has 1 rings (SSSR count). The van der Waals surface area contributed by atoms with Crippen molar-refractivity contribution in [3.63, 3.8) is 0 Å². The van der Waals surface area contributed by atoms with Crippen molar-refractivity contribution in [3.05, 3.63) is 34.4 Å². The van der Waals surface area contributed by atoms with Gasteiger partial charge in [-0.25, -0.2) is 9.59 Å². The number of benzene rings is 1. The topological polar surface area (TPSA) is 74.6 Å². The number of carboxylic acid groups (broad SMARTS) is 2. The van der Waals surface area contributed by atoms with E-state index >= 15 is 0 Å². The highest BCUT2D eigenvalue weighted by molar-refractivity contribution is 6.03. The second kappa shape index (κ2) is 11.7. The fourth-order valence-corrected chi connectivity index (χ4v) is 3.47. The van der Waals surface area contributed by atoms with Crippen LogP contribution in [0.1, 0.15) is 104 Å². The molecule has 4 nitrogen and oxygen atoms in total. The summed E-state index contributed by atoms with van der Waals surface area (Å²) in [7, 11) is 0. The Morgan fingerprint density at radius 3 is 1.96 bits per heavy atom. The molecule has 2 N–H and O–H groups in total. The van der Waals surface area contributed by atoms with Gasteiger partial charge in [0.25, 0.3) is 0 Å². The zero-order valence-corrected chi connectivity index (χ0v) is 16.5. The van der Waals surface area contributed by atoms with E-state index in [2.05, 4.69) is 13.8 Å². The number of carbonyl (C=O) groups is 2. The summed E-state index contributed by atoms with van der Waals surface area (Å²) in [5.41, 5.74) is 1.53. The Bertz CT molecular complexity index is 590. The molecule has 0 bridgehead atoms. The summed E-state index contributed by atoms with van der Waals surface area (Å²) in [5.74, 6) is -1.53. The van der Waals surface area contributed by atoms with E-state index in [9.17, 15) is 19.8 Å². The lowest BCUT2D eigenvalue weighted by molar-refractivity contribution is 0.0650. The Kier molecular flexibility index (Phi) is 10.0. The third-order valence-electron chi connectivity index (χ3n) is 4.94. The van der Waals surface area contributed by atoms with Crippen LogP contribution in [0.2, 0.25) is 0 Å². The molecule has 26 heavy (non-hydrogen) atoms. The summed E-state index contributed by atoms with van der Waals surface area (Å²) >= 11 is 0. The van der Waals surface area contributed by atoms with Crippen LogP contribution in [0.3, 0.4) is 0 Å². The van der Waals surface area contributed by atoms with Gasteiger partial charge < -0.3 is 10.2 Å². The molecule has 0 spiro atoms. The van der Waals surface area contributed by atoms with Crippen molar-refractivity contribution in [3.8, 4) is 0 Å². The van der Waals surface area contributed by atoms with Crippen molar-refractivity contribution in [2.75, 3.05) is 0 Å². The third kappa shape index (κ3) is 7.19. The van der Waals surface area contributed by atoms with Gasteiger partial charge in [0.05, 0.1) is 11.1 Å². The number of rotatable bonds is 13. The second-order valence-corrected chi connectivity index (χ2v) is 7.50. The first kappa shape index (κ1) is 22.2. The largest absolute Gasteiger partial charge is 0.478 e. The van der Waals surface area contributed by atoms with Crippen molar-refractivity contribution in [2.45, 2.75) is 85.0 Å². The van der Waals surface area contributed by atoms with Crippen LogP contribution in [0, 0.1) is 5.92 Å². The summed E-state index contributed by atoms with van der Waals surface area (Å²) in [4.78, 5) is 23.0. The van der Waals surface area contributed by atoms with E-state index in [0.717, 1.165) is 30.7 Å². The predicted octanol–water partition coefficient (Wildman–Crippen LogP) is 5.96. The molecule has 0 heterocycles. The molecule has 0 fully saturated rings. The predicted molar refractivity (Wildman–Crippen MR) is 105 cm³/mol. The minimum Gasteiger partial charge on any atom is -0.478 e. The van der Waals surface area contributed by atoms with Crippen LogP contribution in [0.4, 0.5) is 0 Å². The third-order valence-corrected chi connectivity index (χ3v) is 4.94. The van der Waals surface area contributed by atoms with Crippen LogP contribution >= 0.6 is 0 Å². The van der Waals surface area contributed by atoms with E-state index < -0.39 is 11.9 Å². The van der Waals surface area contributed by atoms with E-state index in [-0.39, 0.29) is 11.1 Å². The van der Waals surface area contributed by atoms with Gasteiger partial charge in [0.15, 0.2) is 0 Å². The average molecular weight is 363 g/mol. The van der Waals surface area contributed by atoms with Crippen molar-refractivity contribution in [1.82, 2.24) is 0 Å². The zero-order chi connectivity index (χ0) is 19.5. The molecule has 4 heteroatoms. The Morgan fingerprint density at radius 2 is 1.46 bits per heavy atom. The number of hydrogen-bond donors (Lipinski definition) is 2. The molecular weight excluding hydrogens is 328 g/mol. The summed E-state index contributed by atoms with van der Waals surface area (Å²) in [6.07, 6.45) is 10.9. The van der Waals surface area contributed by atoms with Crippen LogP contribution in [-0.2, 0) is 12.8 Å². The van der Waals surface area contributed by atoms with Crippen molar-refractivity contribution < 1.29 is 19.8 Å². The van der Waals surface area contributed by atoms with E-state index in [0.29, 0.717) is 18.4 Å². The maximum Gasteiger partial charge on any atom is 0.336 e. The lowest BCUT2D eigenvalue weighted by atomic mass is 9.90. The molecule has 0 saturated carbocycles. The van der Waals surface area contributed by atoms with Crippen molar-refractivity contribution in [1.29, 1.82) is 0 Å².